The van der Waals surface area contributed by atoms with Crippen LogP contribution in [0.5, 0.6) is 0 Å². The van der Waals surface area contributed by atoms with E-state index in [2.05, 4.69) is 20.4 Å². The zero-order valence-electron chi connectivity index (χ0n) is 12.2. The second kappa shape index (κ2) is 6.65. The Morgan fingerprint density at radius 2 is 2.41 bits per heavy atom. The van der Waals surface area contributed by atoms with Gasteiger partial charge in [0.25, 0.3) is 0 Å². The quantitative estimate of drug-likeness (QED) is 0.915. The molecule has 0 saturated carbocycles. The topological polar surface area (TPSA) is 76.5 Å². The summed E-state index contributed by atoms with van der Waals surface area (Å²) in [6.07, 6.45) is 2.70. The maximum absolute atomic E-state index is 11.9. The lowest BCUT2D eigenvalue weighted by Gasteiger charge is -2.09. The number of oxime groups is 1. The first-order valence-electron chi connectivity index (χ1n) is 7.02. The summed E-state index contributed by atoms with van der Waals surface area (Å²) in [4.78, 5) is 25.8. The molecule has 1 N–H and O–H groups in total. The molecule has 7 heteroatoms. The van der Waals surface area contributed by atoms with Gasteiger partial charge in [-0.15, -0.1) is 11.3 Å². The summed E-state index contributed by atoms with van der Waals surface area (Å²) < 4.78 is 0. The number of hydrogen-bond donors (Lipinski definition) is 1. The van der Waals surface area contributed by atoms with Crippen molar-refractivity contribution in [1.82, 2.24) is 15.3 Å². The van der Waals surface area contributed by atoms with Crippen molar-refractivity contribution in [3.63, 3.8) is 0 Å². The van der Waals surface area contributed by atoms with Gasteiger partial charge in [-0.05, 0) is 19.1 Å². The van der Waals surface area contributed by atoms with Gasteiger partial charge in [0.05, 0.1) is 30.1 Å². The molecule has 114 valence electrons. The number of carbonyl (C=O) groups excluding carboxylic acids is 1. The minimum absolute atomic E-state index is 0.0523. The number of nitrogens with zero attached hydrogens (tertiary/aromatic N) is 3. The van der Waals surface area contributed by atoms with Gasteiger partial charge >= 0.3 is 0 Å². The second-order valence-corrected chi connectivity index (χ2v) is 5.96. The van der Waals surface area contributed by atoms with E-state index in [9.17, 15) is 4.79 Å². The van der Waals surface area contributed by atoms with Gasteiger partial charge in [0.15, 0.2) is 0 Å². The van der Waals surface area contributed by atoms with Crippen molar-refractivity contribution < 1.29 is 9.63 Å². The van der Waals surface area contributed by atoms with Crippen LogP contribution in [-0.2, 0) is 16.1 Å². The highest BCUT2D eigenvalue weighted by Gasteiger charge is 2.19. The molecule has 22 heavy (non-hydrogen) atoms. The third-order valence-corrected chi connectivity index (χ3v) is 4.10. The van der Waals surface area contributed by atoms with E-state index in [0.29, 0.717) is 6.54 Å². The lowest BCUT2D eigenvalue weighted by Crippen LogP contribution is -2.33. The molecule has 0 aliphatic carbocycles. The molecule has 0 fully saturated rings. The van der Waals surface area contributed by atoms with Crippen molar-refractivity contribution in [3.05, 3.63) is 35.5 Å². The molecule has 3 heterocycles. The summed E-state index contributed by atoms with van der Waals surface area (Å²) in [5.74, 6) is -0.0639. The molecule has 1 unspecified atom stereocenters. The molecule has 0 saturated heterocycles. The zero-order valence-corrected chi connectivity index (χ0v) is 13.0. The van der Waals surface area contributed by atoms with Gasteiger partial charge in [-0.3, -0.25) is 9.78 Å². The first-order valence-corrected chi connectivity index (χ1v) is 7.90. The van der Waals surface area contributed by atoms with Gasteiger partial charge in [0, 0.05) is 18.0 Å². The number of pyridine rings is 1. The average Bonchev–Trinajstić information content (AvgIpc) is 3.15. The fourth-order valence-corrected chi connectivity index (χ4v) is 2.92. The Bertz CT molecular complexity index is 684. The van der Waals surface area contributed by atoms with Crippen molar-refractivity contribution in [2.45, 2.75) is 25.9 Å². The first-order chi connectivity index (χ1) is 10.7. The first kappa shape index (κ1) is 14.6. The van der Waals surface area contributed by atoms with Crippen molar-refractivity contribution >= 4 is 23.0 Å². The number of amides is 1. The lowest BCUT2D eigenvalue weighted by molar-refractivity contribution is -0.121. The fourth-order valence-electron chi connectivity index (χ4n) is 2.13. The molecule has 2 aromatic heterocycles. The van der Waals surface area contributed by atoms with E-state index in [-0.39, 0.29) is 18.4 Å². The van der Waals surface area contributed by atoms with Crippen LogP contribution in [0.15, 0.2) is 34.9 Å². The molecule has 1 aliphatic heterocycles. The van der Waals surface area contributed by atoms with Crippen LogP contribution in [0.25, 0.3) is 10.7 Å². The number of thiazole rings is 1. The van der Waals surface area contributed by atoms with E-state index >= 15 is 0 Å². The third-order valence-electron chi connectivity index (χ3n) is 3.19. The molecular formula is C15H16N4O2S. The Balaban J connectivity index is 1.51. The number of carbonyl (C=O) groups is 1. The van der Waals surface area contributed by atoms with Crippen LogP contribution in [0.4, 0.5) is 0 Å². The van der Waals surface area contributed by atoms with Gasteiger partial charge in [0.1, 0.15) is 11.1 Å². The second-order valence-electron chi connectivity index (χ2n) is 5.10. The predicted molar refractivity (Wildman–Crippen MR) is 84.7 cm³/mol. The van der Waals surface area contributed by atoms with E-state index in [0.717, 1.165) is 28.5 Å². The van der Waals surface area contributed by atoms with Crippen LogP contribution < -0.4 is 5.32 Å². The molecule has 6 nitrogen and oxygen atoms in total. The highest BCUT2D eigenvalue weighted by Crippen LogP contribution is 2.21. The van der Waals surface area contributed by atoms with Crippen molar-refractivity contribution in [3.8, 4) is 10.7 Å². The zero-order chi connectivity index (χ0) is 15.4. The SMILES string of the molecule is CC1=NOC(CNC(=O)Cc2csc(-c3ccccn3)n2)C1. The summed E-state index contributed by atoms with van der Waals surface area (Å²) in [5.41, 5.74) is 2.54. The predicted octanol–water partition coefficient (Wildman–Crippen LogP) is 2.03. The van der Waals surface area contributed by atoms with Crippen LogP contribution in [0, 0.1) is 0 Å². The highest BCUT2D eigenvalue weighted by molar-refractivity contribution is 7.13. The molecule has 0 spiro atoms. The van der Waals surface area contributed by atoms with E-state index in [4.69, 9.17) is 4.84 Å². The lowest BCUT2D eigenvalue weighted by atomic mass is 10.2. The van der Waals surface area contributed by atoms with Gasteiger partial charge in [-0.1, -0.05) is 11.2 Å². The Labute approximate surface area is 132 Å². The minimum Gasteiger partial charge on any atom is -0.390 e. The van der Waals surface area contributed by atoms with Crippen LogP contribution in [0.2, 0.25) is 0 Å². The largest absolute Gasteiger partial charge is 0.390 e. The van der Waals surface area contributed by atoms with Crippen molar-refractivity contribution in [2.24, 2.45) is 5.16 Å². The molecule has 1 atom stereocenters. The minimum atomic E-state index is -0.0639. The summed E-state index contributed by atoms with van der Waals surface area (Å²) in [6, 6.07) is 5.69. The summed E-state index contributed by atoms with van der Waals surface area (Å²) >= 11 is 1.49. The van der Waals surface area contributed by atoms with Gasteiger partial charge in [-0.2, -0.15) is 0 Å². The van der Waals surface area contributed by atoms with Crippen LogP contribution in [0.1, 0.15) is 19.0 Å². The molecule has 0 aromatic carbocycles. The number of hydrogen-bond acceptors (Lipinski definition) is 6. The standard InChI is InChI=1S/C15H16N4O2S/c1-10-6-12(21-19-10)8-17-14(20)7-11-9-22-15(18-11)13-4-2-3-5-16-13/h2-5,9,12H,6-8H2,1H3,(H,17,20). The maximum atomic E-state index is 11.9. The smallest absolute Gasteiger partial charge is 0.226 e. The van der Waals surface area contributed by atoms with E-state index in [1.165, 1.54) is 11.3 Å². The van der Waals surface area contributed by atoms with E-state index < -0.39 is 0 Å². The monoisotopic (exact) mass is 316 g/mol. The van der Waals surface area contributed by atoms with Crippen LogP contribution in [0.3, 0.4) is 0 Å². The Kier molecular flexibility index (Phi) is 4.43. The molecule has 2 aromatic rings. The van der Waals surface area contributed by atoms with E-state index in [1.54, 1.807) is 6.20 Å². The molecule has 0 radical (unpaired) electrons. The van der Waals surface area contributed by atoms with Gasteiger partial charge < -0.3 is 10.2 Å². The average molecular weight is 316 g/mol. The number of aromatic nitrogens is 2. The molecular weight excluding hydrogens is 300 g/mol. The summed E-state index contributed by atoms with van der Waals surface area (Å²) in [5, 5.41) is 9.44. The van der Waals surface area contributed by atoms with Gasteiger partial charge in [-0.25, -0.2) is 4.98 Å². The van der Waals surface area contributed by atoms with Crippen LogP contribution in [-0.4, -0.2) is 34.2 Å². The molecule has 0 bridgehead atoms. The Morgan fingerprint density at radius 3 is 3.14 bits per heavy atom. The summed E-state index contributed by atoms with van der Waals surface area (Å²) in [6.45, 7) is 2.38. The van der Waals surface area contributed by atoms with Crippen molar-refractivity contribution in [1.29, 1.82) is 0 Å². The molecule has 1 amide bonds. The normalized spacial score (nSPS) is 17.0. The maximum Gasteiger partial charge on any atom is 0.226 e. The number of rotatable bonds is 5. The molecule has 3 rings (SSSR count). The molecule has 1 aliphatic rings. The van der Waals surface area contributed by atoms with Gasteiger partial charge in [0.2, 0.25) is 5.91 Å². The Hall–Kier alpha value is -2.28. The third kappa shape index (κ3) is 3.67. The Morgan fingerprint density at radius 1 is 1.50 bits per heavy atom. The number of nitrogens with one attached hydrogen (secondary N) is 1. The highest BCUT2D eigenvalue weighted by atomic mass is 32.1. The summed E-state index contributed by atoms with van der Waals surface area (Å²) in [7, 11) is 0. The van der Waals surface area contributed by atoms with Crippen molar-refractivity contribution in [2.75, 3.05) is 6.54 Å². The van der Waals surface area contributed by atoms with Crippen LogP contribution >= 0.6 is 11.3 Å². The van der Waals surface area contributed by atoms with E-state index in [1.807, 2.05) is 30.5 Å². The fraction of sp³-hybridized carbons (Fsp3) is 0.333.